The van der Waals surface area contributed by atoms with Gasteiger partial charge in [0.1, 0.15) is 12.4 Å². The lowest BCUT2D eigenvalue weighted by Gasteiger charge is -2.20. The van der Waals surface area contributed by atoms with Crippen molar-refractivity contribution in [3.63, 3.8) is 0 Å². The van der Waals surface area contributed by atoms with Gasteiger partial charge in [0.15, 0.2) is 0 Å². The summed E-state index contributed by atoms with van der Waals surface area (Å²) >= 11 is 0. The van der Waals surface area contributed by atoms with E-state index in [0.29, 0.717) is 0 Å². The summed E-state index contributed by atoms with van der Waals surface area (Å²) < 4.78 is 8.27. The smallest absolute Gasteiger partial charge is 0.143 e. The maximum Gasteiger partial charge on any atom is 0.143 e. The number of nitrogens with zero attached hydrogens (tertiary/aromatic N) is 1. The highest BCUT2D eigenvalue weighted by Crippen LogP contribution is 2.35. The molecule has 0 saturated heterocycles. The second kappa shape index (κ2) is 5.31. The number of aromatic nitrogens is 1. The first kappa shape index (κ1) is 14.1. The summed E-state index contributed by atoms with van der Waals surface area (Å²) in [7, 11) is 0. The van der Waals surface area contributed by atoms with Crippen LogP contribution in [0.25, 0.3) is 22.6 Å². The third-order valence-corrected chi connectivity index (χ3v) is 4.64. The van der Waals surface area contributed by atoms with Crippen molar-refractivity contribution in [1.82, 2.24) is 4.57 Å². The fourth-order valence-electron chi connectivity index (χ4n) is 3.49. The Morgan fingerprint density at radius 3 is 2.78 bits per heavy atom. The monoisotopic (exact) mass is 303 g/mol. The SMILES string of the molecule is C/C(=C\c1ccccc1C)c1cc2cc(C)cc3c2n1CCO3. The van der Waals surface area contributed by atoms with E-state index in [1.807, 2.05) is 0 Å². The van der Waals surface area contributed by atoms with E-state index in [1.165, 1.54) is 38.9 Å². The first-order valence-electron chi connectivity index (χ1n) is 8.14. The Bertz CT molecular complexity index is 930. The lowest BCUT2D eigenvalue weighted by molar-refractivity contribution is 0.286. The average molecular weight is 303 g/mol. The Balaban J connectivity index is 1.90. The Morgan fingerprint density at radius 1 is 1.13 bits per heavy atom. The molecule has 0 saturated carbocycles. The van der Waals surface area contributed by atoms with Gasteiger partial charge in [-0.15, -0.1) is 0 Å². The van der Waals surface area contributed by atoms with E-state index in [1.54, 1.807) is 0 Å². The molecule has 0 N–H and O–H groups in total. The van der Waals surface area contributed by atoms with Crippen LogP contribution in [0.1, 0.15) is 29.3 Å². The van der Waals surface area contributed by atoms with E-state index in [4.69, 9.17) is 4.74 Å². The van der Waals surface area contributed by atoms with Crippen LogP contribution < -0.4 is 4.74 Å². The second-order valence-corrected chi connectivity index (χ2v) is 6.41. The van der Waals surface area contributed by atoms with Crippen molar-refractivity contribution >= 4 is 22.6 Å². The number of allylic oxidation sites excluding steroid dienone is 1. The molecule has 0 radical (unpaired) electrons. The standard InChI is InChI=1S/C21H21NO/c1-14-10-18-13-19(22-8-9-23-20(11-14)21(18)22)16(3)12-17-7-5-4-6-15(17)2/h4-7,10-13H,8-9H2,1-3H3/b16-12+. The first-order valence-corrected chi connectivity index (χ1v) is 8.14. The van der Waals surface area contributed by atoms with E-state index in [0.717, 1.165) is 18.9 Å². The van der Waals surface area contributed by atoms with Gasteiger partial charge in [-0.3, -0.25) is 0 Å². The molecule has 0 fully saturated rings. The highest BCUT2D eigenvalue weighted by molar-refractivity contribution is 5.93. The van der Waals surface area contributed by atoms with Crippen LogP contribution in [0.2, 0.25) is 0 Å². The first-order chi connectivity index (χ1) is 11.1. The maximum absolute atomic E-state index is 5.87. The van der Waals surface area contributed by atoms with Crippen LogP contribution in [0.3, 0.4) is 0 Å². The molecule has 0 aliphatic carbocycles. The van der Waals surface area contributed by atoms with Gasteiger partial charge in [-0.2, -0.15) is 0 Å². The Morgan fingerprint density at radius 2 is 1.96 bits per heavy atom. The summed E-state index contributed by atoms with van der Waals surface area (Å²) in [4.78, 5) is 0. The van der Waals surface area contributed by atoms with E-state index in [2.05, 4.69) is 73.9 Å². The van der Waals surface area contributed by atoms with Crippen LogP contribution in [0, 0.1) is 13.8 Å². The lowest BCUT2D eigenvalue weighted by atomic mass is 10.0. The summed E-state index contributed by atoms with van der Waals surface area (Å²) in [5.41, 5.74) is 7.65. The van der Waals surface area contributed by atoms with Gasteiger partial charge in [-0.05, 0) is 67.3 Å². The van der Waals surface area contributed by atoms with Gasteiger partial charge in [0.2, 0.25) is 0 Å². The molecule has 2 aromatic carbocycles. The fourth-order valence-corrected chi connectivity index (χ4v) is 3.49. The Hall–Kier alpha value is -2.48. The van der Waals surface area contributed by atoms with Gasteiger partial charge < -0.3 is 9.30 Å². The average Bonchev–Trinajstić information content (AvgIpc) is 2.90. The molecule has 4 rings (SSSR count). The highest BCUT2D eigenvalue weighted by atomic mass is 16.5. The van der Waals surface area contributed by atoms with Crippen LogP contribution in [0.4, 0.5) is 0 Å². The summed E-state index contributed by atoms with van der Waals surface area (Å²) in [5, 5.41) is 1.27. The molecule has 3 aromatic rings. The normalized spacial score (nSPS) is 14.1. The molecule has 0 amide bonds. The quantitative estimate of drug-likeness (QED) is 0.634. The molecule has 2 nitrogen and oxygen atoms in total. The topological polar surface area (TPSA) is 14.2 Å². The van der Waals surface area contributed by atoms with Gasteiger partial charge in [0.05, 0.1) is 12.1 Å². The van der Waals surface area contributed by atoms with Gasteiger partial charge in [0.25, 0.3) is 0 Å². The molecule has 0 unspecified atom stereocenters. The molecule has 2 heterocycles. The van der Waals surface area contributed by atoms with Crippen LogP contribution in [0.15, 0.2) is 42.5 Å². The number of benzene rings is 2. The summed E-state index contributed by atoms with van der Waals surface area (Å²) in [5.74, 6) is 1.01. The maximum atomic E-state index is 5.87. The van der Waals surface area contributed by atoms with E-state index >= 15 is 0 Å². The van der Waals surface area contributed by atoms with Crippen molar-refractivity contribution in [1.29, 1.82) is 0 Å². The van der Waals surface area contributed by atoms with Crippen LogP contribution in [-0.4, -0.2) is 11.2 Å². The van der Waals surface area contributed by atoms with E-state index in [9.17, 15) is 0 Å². The zero-order valence-corrected chi connectivity index (χ0v) is 13.9. The molecular weight excluding hydrogens is 282 g/mol. The van der Waals surface area contributed by atoms with Gasteiger partial charge in [-0.25, -0.2) is 0 Å². The summed E-state index contributed by atoms with van der Waals surface area (Å²) in [6.45, 7) is 8.14. The van der Waals surface area contributed by atoms with Gasteiger partial charge >= 0.3 is 0 Å². The second-order valence-electron chi connectivity index (χ2n) is 6.41. The fraction of sp³-hybridized carbons (Fsp3) is 0.238. The number of hydrogen-bond acceptors (Lipinski definition) is 1. The third-order valence-electron chi connectivity index (χ3n) is 4.64. The molecule has 2 heteroatoms. The van der Waals surface area contributed by atoms with Crippen molar-refractivity contribution < 1.29 is 4.74 Å². The highest BCUT2D eigenvalue weighted by Gasteiger charge is 2.18. The number of ether oxygens (including phenoxy) is 1. The molecule has 1 aliphatic rings. The minimum atomic E-state index is 0.741. The van der Waals surface area contributed by atoms with Crippen molar-refractivity contribution in [2.75, 3.05) is 6.61 Å². The number of aryl methyl sites for hydroxylation is 2. The predicted molar refractivity (Wildman–Crippen MR) is 96.9 cm³/mol. The van der Waals surface area contributed by atoms with E-state index in [-0.39, 0.29) is 0 Å². The minimum absolute atomic E-state index is 0.741. The molecule has 116 valence electrons. The van der Waals surface area contributed by atoms with Crippen LogP contribution in [-0.2, 0) is 6.54 Å². The zero-order valence-electron chi connectivity index (χ0n) is 13.9. The molecule has 0 bridgehead atoms. The van der Waals surface area contributed by atoms with Gasteiger partial charge in [0, 0.05) is 11.1 Å². The van der Waals surface area contributed by atoms with E-state index < -0.39 is 0 Å². The number of hydrogen-bond donors (Lipinski definition) is 0. The molecule has 0 spiro atoms. The van der Waals surface area contributed by atoms with Crippen molar-refractivity contribution in [2.45, 2.75) is 27.3 Å². The minimum Gasteiger partial charge on any atom is -0.490 e. The predicted octanol–water partition coefficient (Wildman–Crippen LogP) is 5.21. The van der Waals surface area contributed by atoms with Crippen LogP contribution in [0.5, 0.6) is 5.75 Å². The Labute approximate surface area is 137 Å². The van der Waals surface area contributed by atoms with Gasteiger partial charge in [-0.1, -0.05) is 24.3 Å². The summed E-state index contributed by atoms with van der Waals surface area (Å²) in [6, 6.07) is 15.2. The molecule has 1 aromatic heterocycles. The summed E-state index contributed by atoms with van der Waals surface area (Å²) in [6.07, 6.45) is 2.29. The number of rotatable bonds is 2. The molecule has 23 heavy (non-hydrogen) atoms. The van der Waals surface area contributed by atoms with Crippen LogP contribution >= 0.6 is 0 Å². The third kappa shape index (κ3) is 2.35. The largest absolute Gasteiger partial charge is 0.490 e. The molecule has 1 aliphatic heterocycles. The lowest BCUT2D eigenvalue weighted by Crippen LogP contribution is -2.15. The van der Waals surface area contributed by atoms with Crippen molar-refractivity contribution in [3.8, 4) is 5.75 Å². The zero-order chi connectivity index (χ0) is 16.0. The van der Waals surface area contributed by atoms with Crippen molar-refractivity contribution in [2.24, 2.45) is 0 Å². The molecule has 0 atom stereocenters. The molecular formula is C21H21NO. The van der Waals surface area contributed by atoms with Crippen molar-refractivity contribution in [3.05, 3.63) is 64.8 Å². The Kier molecular flexibility index (Phi) is 3.26.